The zero-order valence-corrected chi connectivity index (χ0v) is 13.0. The molecule has 0 radical (unpaired) electrons. The Kier molecular flexibility index (Phi) is 4.93. The molecule has 1 aromatic heterocycles. The number of rotatable bonds is 7. The highest BCUT2D eigenvalue weighted by atomic mass is 16.6. The summed E-state index contributed by atoms with van der Waals surface area (Å²) in [5.74, 6) is 0.639. The molecule has 2 aromatic carbocycles. The van der Waals surface area contributed by atoms with E-state index in [1.807, 2.05) is 30.3 Å². The van der Waals surface area contributed by atoms with Crippen LogP contribution in [0.3, 0.4) is 0 Å². The zero-order chi connectivity index (χ0) is 16.8. The van der Waals surface area contributed by atoms with Gasteiger partial charge in [-0.2, -0.15) is 4.68 Å². The Bertz CT molecular complexity index is 841. The summed E-state index contributed by atoms with van der Waals surface area (Å²) in [4.78, 5) is 11.9. The molecule has 0 bridgehead atoms. The van der Waals surface area contributed by atoms with Gasteiger partial charge in [-0.3, -0.25) is 0 Å². The number of methoxy groups -OCH3 is 1. The maximum absolute atomic E-state index is 11.9. The zero-order valence-electron chi connectivity index (χ0n) is 13.0. The van der Waals surface area contributed by atoms with Gasteiger partial charge in [0, 0.05) is 13.2 Å². The van der Waals surface area contributed by atoms with Crippen molar-refractivity contribution in [3.8, 4) is 23.3 Å². The molecule has 0 fully saturated rings. The summed E-state index contributed by atoms with van der Waals surface area (Å²) in [6.07, 6.45) is -0.105. The van der Waals surface area contributed by atoms with E-state index in [9.17, 15) is 4.79 Å². The van der Waals surface area contributed by atoms with Crippen LogP contribution in [0.4, 0.5) is 0 Å². The van der Waals surface area contributed by atoms with E-state index < -0.39 is 5.76 Å². The number of nitrogens with zero attached hydrogens (tertiary/aromatic N) is 2. The van der Waals surface area contributed by atoms with E-state index >= 15 is 0 Å². The van der Waals surface area contributed by atoms with E-state index in [2.05, 4.69) is 5.10 Å². The Morgan fingerprint density at radius 3 is 2.62 bits per heavy atom. The smallest absolute Gasteiger partial charge is 0.444 e. The van der Waals surface area contributed by atoms with E-state index in [1.165, 1.54) is 0 Å². The molecule has 24 heavy (non-hydrogen) atoms. The van der Waals surface area contributed by atoms with E-state index in [1.54, 1.807) is 31.4 Å². The van der Waals surface area contributed by atoms with Crippen LogP contribution in [0.25, 0.3) is 5.69 Å². The topological polar surface area (TPSA) is 75.7 Å². The first-order chi connectivity index (χ1) is 11.8. The second-order valence-corrected chi connectivity index (χ2v) is 4.80. The van der Waals surface area contributed by atoms with Crippen molar-refractivity contribution in [3.63, 3.8) is 0 Å². The molecule has 0 saturated carbocycles. The minimum Gasteiger partial charge on any atom is -0.457 e. The third-order valence-electron chi connectivity index (χ3n) is 3.08. The van der Waals surface area contributed by atoms with Crippen molar-refractivity contribution in [2.45, 2.75) is 0 Å². The second kappa shape index (κ2) is 7.47. The molecular weight excluding hydrogens is 312 g/mol. The Balaban J connectivity index is 1.80. The van der Waals surface area contributed by atoms with Crippen LogP contribution in [-0.2, 0) is 4.74 Å². The molecule has 0 saturated heterocycles. The monoisotopic (exact) mass is 328 g/mol. The third-order valence-corrected chi connectivity index (χ3v) is 3.08. The fraction of sp³-hybridized carbons (Fsp3) is 0.176. The van der Waals surface area contributed by atoms with Gasteiger partial charge >= 0.3 is 11.8 Å². The summed E-state index contributed by atoms with van der Waals surface area (Å²) in [6, 6.07) is 16.3. The van der Waals surface area contributed by atoms with Gasteiger partial charge in [0.2, 0.25) is 0 Å². The molecule has 0 aliphatic rings. The van der Waals surface area contributed by atoms with Gasteiger partial charge in [0.05, 0.1) is 12.3 Å². The molecule has 0 spiro atoms. The molecule has 124 valence electrons. The minimum atomic E-state index is -0.640. The molecule has 1 heterocycles. The van der Waals surface area contributed by atoms with Gasteiger partial charge in [0.1, 0.15) is 18.1 Å². The van der Waals surface area contributed by atoms with E-state index in [4.69, 9.17) is 18.6 Å². The minimum absolute atomic E-state index is 0.105. The number of benzene rings is 2. The average molecular weight is 328 g/mol. The van der Waals surface area contributed by atoms with Gasteiger partial charge in [-0.1, -0.05) is 29.4 Å². The lowest BCUT2D eigenvalue weighted by atomic mass is 10.3. The summed E-state index contributed by atoms with van der Waals surface area (Å²) < 4.78 is 21.9. The van der Waals surface area contributed by atoms with Gasteiger partial charge in [0.25, 0.3) is 0 Å². The molecule has 3 rings (SSSR count). The number of para-hydroxylation sites is 1. The van der Waals surface area contributed by atoms with E-state index in [0.29, 0.717) is 23.8 Å². The highest BCUT2D eigenvalue weighted by Crippen LogP contribution is 2.23. The van der Waals surface area contributed by atoms with Crippen molar-refractivity contribution in [1.29, 1.82) is 0 Å². The van der Waals surface area contributed by atoms with Crippen LogP contribution >= 0.6 is 0 Å². The van der Waals surface area contributed by atoms with Crippen LogP contribution in [0.1, 0.15) is 0 Å². The third kappa shape index (κ3) is 3.82. The van der Waals surface area contributed by atoms with Crippen molar-refractivity contribution in [2.75, 3.05) is 20.3 Å². The Labute approximate surface area is 138 Å². The van der Waals surface area contributed by atoms with Crippen LogP contribution in [0.2, 0.25) is 0 Å². The summed E-state index contributed by atoms with van der Waals surface area (Å²) in [7, 11) is 1.55. The maximum Gasteiger partial charge on any atom is 0.444 e. The molecule has 0 N–H and O–H groups in total. The Morgan fingerprint density at radius 1 is 1.04 bits per heavy atom. The summed E-state index contributed by atoms with van der Waals surface area (Å²) in [6.45, 7) is 0.616. The van der Waals surface area contributed by atoms with Gasteiger partial charge in [0.15, 0.2) is 0 Å². The summed E-state index contributed by atoms with van der Waals surface area (Å²) in [5.41, 5.74) is 0.513. The number of ether oxygens (including phenoxy) is 3. The number of hydrogen-bond donors (Lipinski definition) is 0. The largest absolute Gasteiger partial charge is 0.457 e. The van der Waals surface area contributed by atoms with Crippen LogP contribution in [0.15, 0.2) is 63.8 Å². The van der Waals surface area contributed by atoms with Crippen molar-refractivity contribution in [2.24, 2.45) is 0 Å². The van der Waals surface area contributed by atoms with Crippen LogP contribution in [0, 0.1) is 0 Å². The lowest BCUT2D eigenvalue weighted by Crippen LogP contribution is -2.13. The quantitative estimate of drug-likeness (QED) is 0.621. The fourth-order valence-corrected chi connectivity index (χ4v) is 2.00. The molecule has 7 nitrogen and oxygen atoms in total. The van der Waals surface area contributed by atoms with Gasteiger partial charge < -0.3 is 18.6 Å². The molecule has 0 atom stereocenters. The highest BCUT2D eigenvalue weighted by Gasteiger charge is 2.11. The van der Waals surface area contributed by atoms with Gasteiger partial charge in [-0.05, 0) is 24.3 Å². The highest BCUT2D eigenvalue weighted by molar-refractivity contribution is 5.40. The molecule has 0 amide bonds. The fourth-order valence-electron chi connectivity index (χ4n) is 2.00. The average Bonchev–Trinajstić information content (AvgIpc) is 2.97. The first-order valence-electron chi connectivity index (χ1n) is 7.31. The Morgan fingerprint density at radius 2 is 1.83 bits per heavy atom. The van der Waals surface area contributed by atoms with Crippen molar-refractivity contribution >= 4 is 0 Å². The van der Waals surface area contributed by atoms with Crippen molar-refractivity contribution < 1.29 is 18.6 Å². The predicted octanol–water partition coefficient (Wildman–Crippen LogP) is 2.64. The SMILES string of the molecule is COCCOc1nn(-c2cccc(Oc3ccccc3)c2)c(=O)o1. The normalized spacial score (nSPS) is 10.5. The van der Waals surface area contributed by atoms with Gasteiger partial charge in [-0.25, -0.2) is 4.79 Å². The first kappa shape index (κ1) is 15.8. The van der Waals surface area contributed by atoms with Gasteiger partial charge in [-0.15, -0.1) is 0 Å². The van der Waals surface area contributed by atoms with Crippen molar-refractivity contribution in [1.82, 2.24) is 9.78 Å². The maximum atomic E-state index is 11.9. The first-order valence-corrected chi connectivity index (χ1v) is 7.31. The van der Waals surface area contributed by atoms with Crippen LogP contribution < -0.4 is 15.2 Å². The molecule has 7 heteroatoms. The molecule has 0 unspecified atom stereocenters. The van der Waals surface area contributed by atoms with Crippen LogP contribution in [0.5, 0.6) is 17.6 Å². The number of hydrogen-bond acceptors (Lipinski definition) is 6. The lowest BCUT2D eigenvalue weighted by molar-refractivity contribution is 0.125. The van der Waals surface area contributed by atoms with Crippen molar-refractivity contribution in [3.05, 3.63) is 65.1 Å². The summed E-state index contributed by atoms with van der Waals surface area (Å²) >= 11 is 0. The summed E-state index contributed by atoms with van der Waals surface area (Å²) in [5, 5.41) is 4.00. The Hall–Kier alpha value is -3.06. The molecule has 0 aliphatic carbocycles. The van der Waals surface area contributed by atoms with E-state index in [0.717, 1.165) is 4.68 Å². The lowest BCUT2D eigenvalue weighted by Gasteiger charge is -2.06. The predicted molar refractivity (Wildman–Crippen MR) is 86.0 cm³/mol. The number of aromatic nitrogens is 2. The second-order valence-electron chi connectivity index (χ2n) is 4.80. The van der Waals surface area contributed by atoms with Crippen LogP contribution in [-0.4, -0.2) is 30.1 Å². The molecular formula is C17H16N2O5. The molecule has 0 aliphatic heterocycles. The molecule has 3 aromatic rings. The van der Waals surface area contributed by atoms with E-state index in [-0.39, 0.29) is 12.7 Å². The standard InChI is InChI=1S/C17H16N2O5/c1-21-10-11-22-16-18-19(17(20)24-16)13-6-5-9-15(12-13)23-14-7-3-2-4-8-14/h2-9,12H,10-11H2,1H3.